The van der Waals surface area contributed by atoms with Gasteiger partial charge in [0.2, 0.25) is 10.0 Å². The summed E-state index contributed by atoms with van der Waals surface area (Å²) in [7, 11) is -2.37. The Kier molecular flexibility index (Phi) is 6.76. The van der Waals surface area contributed by atoms with E-state index in [9.17, 15) is 26.4 Å². The van der Waals surface area contributed by atoms with E-state index in [1.165, 1.54) is 11.4 Å². The Morgan fingerprint density at radius 2 is 1.73 bits per heavy atom. The van der Waals surface area contributed by atoms with Gasteiger partial charge in [-0.2, -0.15) is 4.31 Å². The number of nitrogens with zero attached hydrogens (tertiary/aromatic N) is 1. The lowest BCUT2D eigenvalue weighted by Crippen LogP contribution is -2.38. The number of ketones is 1. The zero-order valence-electron chi connectivity index (χ0n) is 16.5. The van der Waals surface area contributed by atoms with Crippen LogP contribution in [0.15, 0.2) is 41.0 Å². The second kappa shape index (κ2) is 8.97. The predicted molar refractivity (Wildman–Crippen MR) is 102 cm³/mol. The van der Waals surface area contributed by atoms with Crippen LogP contribution in [0, 0.1) is 11.8 Å². The fourth-order valence-electron chi connectivity index (χ4n) is 3.42. The molecule has 30 heavy (non-hydrogen) atoms. The highest BCUT2D eigenvalue weighted by Crippen LogP contribution is 2.34. The molecule has 1 saturated carbocycles. The minimum Gasteiger partial charge on any atom is -0.493 e. The number of piperidine rings is 1. The van der Waals surface area contributed by atoms with E-state index in [4.69, 9.17) is 4.74 Å². The van der Waals surface area contributed by atoms with E-state index < -0.39 is 22.1 Å². The van der Waals surface area contributed by atoms with E-state index in [1.54, 1.807) is 6.08 Å². The van der Waals surface area contributed by atoms with Gasteiger partial charge in [0.1, 0.15) is 5.75 Å². The summed E-state index contributed by atoms with van der Waals surface area (Å²) in [6.07, 6.45) is 0.635. The third-order valence-electron chi connectivity index (χ3n) is 5.25. The quantitative estimate of drug-likeness (QED) is 0.447. The summed E-state index contributed by atoms with van der Waals surface area (Å²) in [4.78, 5) is 12.1. The van der Waals surface area contributed by atoms with Crippen molar-refractivity contribution in [2.24, 2.45) is 11.8 Å². The maximum Gasteiger partial charge on any atom is 0.573 e. The van der Waals surface area contributed by atoms with Crippen LogP contribution >= 0.6 is 0 Å². The van der Waals surface area contributed by atoms with E-state index in [0.717, 1.165) is 37.1 Å². The maximum absolute atomic E-state index is 12.8. The molecule has 1 aliphatic carbocycles. The van der Waals surface area contributed by atoms with Crippen LogP contribution in [-0.2, 0) is 19.6 Å². The number of allylic oxidation sites excluding steroid dienone is 2. The van der Waals surface area contributed by atoms with Gasteiger partial charge in [-0.3, -0.25) is 4.79 Å². The highest BCUT2D eigenvalue weighted by molar-refractivity contribution is 7.89. The molecular weight excluding hydrogens is 423 g/mol. The van der Waals surface area contributed by atoms with E-state index in [0.29, 0.717) is 30.9 Å². The number of alkyl halides is 3. The predicted octanol–water partition coefficient (Wildman–Crippen LogP) is 3.89. The van der Waals surface area contributed by atoms with E-state index in [2.05, 4.69) is 4.74 Å². The van der Waals surface area contributed by atoms with Crippen LogP contribution in [0.5, 0.6) is 5.75 Å². The SMILES string of the molecule is CO/C(=C/C1CCN(S(=O)(=O)c2ccc(OC(F)(F)F)cc2)CC1)C(=O)CC1CC1. The average molecular weight is 447 g/mol. The van der Waals surface area contributed by atoms with Crippen LogP contribution in [0.1, 0.15) is 32.1 Å². The largest absolute Gasteiger partial charge is 0.573 e. The van der Waals surface area contributed by atoms with Crippen molar-refractivity contribution in [1.82, 2.24) is 4.31 Å². The van der Waals surface area contributed by atoms with Gasteiger partial charge in [0.05, 0.1) is 12.0 Å². The number of carbonyl (C=O) groups is 1. The molecule has 0 spiro atoms. The lowest BCUT2D eigenvalue weighted by Gasteiger charge is -2.30. The highest BCUT2D eigenvalue weighted by atomic mass is 32.2. The number of methoxy groups -OCH3 is 1. The monoisotopic (exact) mass is 447 g/mol. The van der Waals surface area contributed by atoms with Crippen molar-refractivity contribution in [3.05, 3.63) is 36.1 Å². The Morgan fingerprint density at radius 3 is 2.23 bits per heavy atom. The number of carbonyl (C=O) groups excluding carboxylic acids is 1. The van der Waals surface area contributed by atoms with Gasteiger partial charge in [0, 0.05) is 19.5 Å². The Bertz CT molecular complexity index is 884. The number of halogens is 3. The van der Waals surface area contributed by atoms with Crippen molar-refractivity contribution >= 4 is 15.8 Å². The molecule has 1 aliphatic heterocycles. The molecule has 2 aliphatic rings. The Hall–Kier alpha value is -2.07. The molecule has 1 heterocycles. The fourth-order valence-corrected chi connectivity index (χ4v) is 4.89. The molecule has 0 amide bonds. The van der Waals surface area contributed by atoms with E-state index in [-0.39, 0.29) is 29.7 Å². The molecule has 0 bridgehead atoms. The van der Waals surface area contributed by atoms with Crippen LogP contribution in [0.2, 0.25) is 0 Å². The second-order valence-electron chi connectivity index (χ2n) is 7.57. The molecule has 1 aromatic carbocycles. The summed E-state index contributed by atoms with van der Waals surface area (Å²) < 4.78 is 72.6. The molecule has 0 atom stereocenters. The van der Waals surface area contributed by atoms with Crippen molar-refractivity contribution < 1.29 is 35.9 Å². The molecule has 0 aromatic heterocycles. The molecule has 0 unspecified atom stereocenters. The lowest BCUT2D eigenvalue weighted by atomic mass is 9.96. The van der Waals surface area contributed by atoms with Crippen LogP contribution in [-0.4, -0.2) is 45.1 Å². The minimum absolute atomic E-state index is 0.0174. The third kappa shape index (κ3) is 5.98. The summed E-state index contributed by atoms with van der Waals surface area (Å²) in [6.45, 7) is 0.496. The summed E-state index contributed by atoms with van der Waals surface area (Å²) in [5, 5.41) is 0. The number of hydrogen-bond acceptors (Lipinski definition) is 5. The zero-order valence-corrected chi connectivity index (χ0v) is 17.3. The first-order chi connectivity index (χ1) is 14.1. The van der Waals surface area contributed by atoms with Crippen LogP contribution in [0.25, 0.3) is 0 Å². The highest BCUT2D eigenvalue weighted by Gasteiger charge is 2.33. The molecule has 2 fully saturated rings. The van der Waals surface area contributed by atoms with Crippen molar-refractivity contribution in [3.8, 4) is 5.75 Å². The number of hydrogen-bond donors (Lipinski definition) is 0. The molecule has 166 valence electrons. The molecule has 0 radical (unpaired) electrons. The van der Waals surface area contributed by atoms with Crippen molar-refractivity contribution in [2.75, 3.05) is 20.2 Å². The normalized spacial score (nSPS) is 19.5. The van der Waals surface area contributed by atoms with Gasteiger partial charge in [-0.05, 0) is 67.9 Å². The number of rotatable bonds is 8. The smallest absolute Gasteiger partial charge is 0.493 e. The summed E-state index contributed by atoms with van der Waals surface area (Å²) in [5.41, 5.74) is 0. The average Bonchev–Trinajstić information content (AvgIpc) is 3.49. The van der Waals surface area contributed by atoms with Crippen LogP contribution in [0.4, 0.5) is 13.2 Å². The molecule has 1 aromatic rings. The fraction of sp³-hybridized carbons (Fsp3) is 0.550. The minimum atomic E-state index is -4.84. The first-order valence-corrected chi connectivity index (χ1v) is 11.2. The second-order valence-corrected chi connectivity index (χ2v) is 9.50. The third-order valence-corrected chi connectivity index (χ3v) is 7.16. The summed E-state index contributed by atoms with van der Waals surface area (Å²) in [6, 6.07) is 4.16. The number of ether oxygens (including phenoxy) is 2. The molecule has 1 saturated heterocycles. The van der Waals surface area contributed by atoms with Crippen molar-refractivity contribution in [1.29, 1.82) is 0 Å². The summed E-state index contributed by atoms with van der Waals surface area (Å²) in [5.74, 6) is 0.320. The van der Waals surface area contributed by atoms with Crippen LogP contribution < -0.4 is 4.74 Å². The number of Topliss-reactive ketones (excluding diaryl/α,β-unsaturated/α-hetero) is 1. The van der Waals surface area contributed by atoms with Gasteiger partial charge in [0.15, 0.2) is 11.5 Å². The maximum atomic E-state index is 12.8. The Balaban J connectivity index is 1.60. The van der Waals surface area contributed by atoms with Gasteiger partial charge >= 0.3 is 6.36 Å². The number of sulfonamides is 1. The molecule has 3 rings (SSSR count). The van der Waals surface area contributed by atoms with E-state index >= 15 is 0 Å². The van der Waals surface area contributed by atoms with Gasteiger partial charge in [-0.15, -0.1) is 13.2 Å². The van der Waals surface area contributed by atoms with Gasteiger partial charge in [-0.1, -0.05) is 0 Å². The van der Waals surface area contributed by atoms with E-state index in [1.807, 2.05) is 0 Å². The molecule has 6 nitrogen and oxygen atoms in total. The molecule has 10 heteroatoms. The van der Waals surface area contributed by atoms with Gasteiger partial charge < -0.3 is 9.47 Å². The zero-order chi connectivity index (χ0) is 21.9. The van der Waals surface area contributed by atoms with Gasteiger partial charge in [-0.25, -0.2) is 8.42 Å². The summed E-state index contributed by atoms with van der Waals surface area (Å²) >= 11 is 0. The topological polar surface area (TPSA) is 72.9 Å². The first kappa shape index (κ1) is 22.6. The first-order valence-electron chi connectivity index (χ1n) is 9.73. The van der Waals surface area contributed by atoms with Gasteiger partial charge in [0.25, 0.3) is 0 Å². The number of benzene rings is 1. The standard InChI is InChI=1S/C20H24F3NO5S/c1-28-19(18(25)12-14-2-3-14)13-15-8-10-24(11-9-15)30(26,27)17-6-4-16(5-7-17)29-20(21,22)23/h4-7,13-15H,2-3,8-12H2,1H3/b19-13+. The van der Waals surface area contributed by atoms with Crippen molar-refractivity contribution in [3.63, 3.8) is 0 Å². The lowest BCUT2D eigenvalue weighted by molar-refractivity contribution is -0.274. The molecule has 0 N–H and O–H groups in total. The molecular formula is C20H24F3NO5S. The Morgan fingerprint density at radius 1 is 1.13 bits per heavy atom. The Labute approximate surface area is 173 Å². The van der Waals surface area contributed by atoms with Crippen molar-refractivity contribution in [2.45, 2.75) is 43.4 Å². The van der Waals surface area contributed by atoms with Crippen LogP contribution in [0.3, 0.4) is 0 Å².